The van der Waals surface area contributed by atoms with Crippen molar-refractivity contribution < 1.29 is 4.79 Å². The van der Waals surface area contributed by atoms with Crippen molar-refractivity contribution in [2.24, 2.45) is 0 Å². The van der Waals surface area contributed by atoms with Gasteiger partial charge in [-0.25, -0.2) is 9.67 Å². The number of nitrogens with zero attached hydrogens (tertiary/aromatic N) is 6. The van der Waals surface area contributed by atoms with Crippen molar-refractivity contribution in [1.82, 2.24) is 19.7 Å². The number of amides is 1. The van der Waals surface area contributed by atoms with Gasteiger partial charge in [-0.15, -0.1) is 5.10 Å². The highest BCUT2D eigenvalue weighted by Crippen LogP contribution is 2.30. The molecule has 130 valence electrons. The van der Waals surface area contributed by atoms with E-state index in [1.165, 1.54) is 11.0 Å². The first-order chi connectivity index (χ1) is 12.0. The molecular formula is C16H16Cl2N6O. The van der Waals surface area contributed by atoms with Gasteiger partial charge in [0.2, 0.25) is 5.91 Å². The third-order valence-corrected chi connectivity index (χ3v) is 4.69. The lowest BCUT2D eigenvalue weighted by Gasteiger charge is -2.41. The molecule has 1 aromatic heterocycles. The van der Waals surface area contributed by atoms with Gasteiger partial charge in [0, 0.05) is 30.7 Å². The summed E-state index contributed by atoms with van der Waals surface area (Å²) in [5, 5.41) is 13.9. The molecule has 0 aliphatic carbocycles. The summed E-state index contributed by atoms with van der Waals surface area (Å²) in [7, 11) is 0. The third-order valence-electron chi connectivity index (χ3n) is 4.13. The highest BCUT2D eigenvalue weighted by molar-refractivity contribution is 6.35. The Labute approximate surface area is 155 Å². The van der Waals surface area contributed by atoms with Crippen molar-refractivity contribution in [3.63, 3.8) is 0 Å². The number of hydrogen-bond donors (Lipinski definition) is 0. The molecule has 0 radical (unpaired) electrons. The average molecular weight is 379 g/mol. The lowest BCUT2D eigenvalue weighted by Crippen LogP contribution is -2.54. The second kappa shape index (κ2) is 7.30. The number of piperazine rings is 1. The largest absolute Gasteiger partial charge is 0.366 e. The van der Waals surface area contributed by atoms with Crippen molar-refractivity contribution in [3.8, 4) is 6.07 Å². The first kappa shape index (κ1) is 17.5. The highest BCUT2D eigenvalue weighted by Gasteiger charge is 2.28. The number of aromatic nitrogens is 3. The van der Waals surface area contributed by atoms with Gasteiger partial charge in [0.05, 0.1) is 10.7 Å². The zero-order valence-electron chi connectivity index (χ0n) is 13.6. The smallest absolute Gasteiger partial charge is 0.252 e. The summed E-state index contributed by atoms with van der Waals surface area (Å²) in [6.45, 7) is 3.95. The van der Waals surface area contributed by atoms with Crippen LogP contribution in [0.4, 0.5) is 5.69 Å². The first-order valence-electron chi connectivity index (χ1n) is 7.77. The molecule has 1 saturated heterocycles. The summed E-state index contributed by atoms with van der Waals surface area (Å²) in [4.78, 5) is 20.3. The van der Waals surface area contributed by atoms with E-state index in [9.17, 15) is 4.79 Å². The molecule has 3 rings (SSSR count). The Kier molecular flexibility index (Phi) is 5.11. The SMILES string of the molecule is CC1CN(c2cc(Cl)ccc2Cl)CCN1C(=O)Cn1cnc(C#N)n1. The maximum Gasteiger partial charge on any atom is 0.252 e. The zero-order valence-corrected chi connectivity index (χ0v) is 15.1. The van der Waals surface area contributed by atoms with Crippen LogP contribution in [0.2, 0.25) is 10.0 Å². The van der Waals surface area contributed by atoms with Crippen molar-refractivity contribution in [2.45, 2.75) is 19.5 Å². The van der Waals surface area contributed by atoms with Gasteiger partial charge in [-0.3, -0.25) is 4.79 Å². The molecule has 7 nitrogen and oxygen atoms in total. The van der Waals surface area contributed by atoms with Gasteiger partial charge in [-0.05, 0) is 25.1 Å². The van der Waals surface area contributed by atoms with Crippen LogP contribution < -0.4 is 4.90 Å². The van der Waals surface area contributed by atoms with Gasteiger partial charge in [0.25, 0.3) is 5.82 Å². The van der Waals surface area contributed by atoms with E-state index in [1.54, 1.807) is 12.1 Å². The minimum absolute atomic E-state index is 0.00950. The maximum atomic E-state index is 12.5. The van der Waals surface area contributed by atoms with Gasteiger partial charge in [-0.1, -0.05) is 23.2 Å². The van der Waals surface area contributed by atoms with E-state index in [0.717, 1.165) is 5.69 Å². The fourth-order valence-corrected chi connectivity index (χ4v) is 3.33. The van der Waals surface area contributed by atoms with Crippen LogP contribution in [0, 0.1) is 11.3 Å². The maximum absolute atomic E-state index is 12.5. The lowest BCUT2D eigenvalue weighted by molar-refractivity contribution is -0.134. The monoisotopic (exact) mass is 378 g/mol. The van der Waals surface area contributed by atoms with Gasteiger partial charge >= 0.3 is 0 Å². The van der Waals surface area contributed by atoms with Crippen LogP contribution in [0.3, 0.4) is 0 Å². The van der Waals surface area contributed by atoms with E-state index in [-0.39, 0.29) is 24.3 Å². The summed E-state index contributed by atoms with van der Waals surface area (Å²) in [5.41, 5.74) is 0.878. The number of halogens is 2. The standard InChI is InChI=1S/C16H16Cl2N6O/c1-11-8-22(14-6-12(17)2-3-13(14)18)4-5-24(11)16(25)9-23-10-20-15(7-19)21-23/h2-3,6,10-11H,4-5,8-9H2,1H3. The third kappa shape index (κ3) is 3.86. The Balaban J connectivity index is 1.66. The van der Waals surface area contributed by atoms with Crippen LogP contribution in [-0.2, 0) is 11.3 Å². The van der Waals surface area contributed by atoms with Gasteiger partial charge < -0.3 is 9.80 Å². The Morgan fingerprint density at radius 1 is 1.40 bits per heavy atom. The van der Waals surface area contributed by atoms with E-state index < -0.39 is 0 Å². The Hall–Kier alpha value is -2.30. The van der Waals surface area contributed by atoms with E-state index in [1.807, 2.05) is 24.0 Å². The molecule has 0 bridgehead atoms. The molecule has 2 heterocycles. The second-order valence-electron chi connectivity index (χ2n) is 5.86. The van der Waals surface area contributed by atoms with Crippen LogP contribution in [0.1, 0.15) is 12.7 Å². The summed E-state index contributed by atoms with van der Waals surface area (Å²) < 4.78 is 1.38. The predicted molar refractivity (Wildman–Crippen MR) is 94.6 cm³/mol. The lowest BCUT2D eigenvalue weighted by atomic mass is 10.1. The van der Waals surface area contributed by atoms with Crippen molar-refractivity contribution in [2.75, 3.05) is 24.5 Å². The molecule has 1 fully saturated rings. The number of rotatable bonds is 3. The van der Waals surface area contributed by atoms with Crippen LogP contribution in [-0.4, -0.2) is 51.2 Å². The predicted octanol–water partition coefficient (Wildman–Crippen LogP) is 2.19. The molecule has 0 spiro atoms. The molecule has 1 aromatic carbocycles. The van der Waals surface area contributed by atoms with Gasteiger partial charge in [0.1, 0.15) is 18.9 Å². The molecule has 0 saturated carbocycles. The molecule has 9 heteroatoms. The fourth-order valence-electron chi connectivity index (χ4n) is 2.93. The van der Waals surface area contributed by atoms with E-state index in [2.05, 4.69) is 15.0 Å². The number of carbonyl (C=O) groups excluding carboxylic acids is 1. The second-order valence-corrected chi connectivity index (χ2v) is 6.70. The number of carbonyl (C=O) groups is 1. The molecule has 1 unspecified atom stereocenters. The number of nitriles is 1. The first-order valence-corrected chi connectivity index (χ1v) is 8.52. The fraction of sp³-hybridized carbons (Fsp3) is 0.375. The molecule has 2 aromatic rings. The van der Waals surface area contributed by atoms with Crippen molar-refractivity contribution in [3.05, 3.63) is 40.4 Å². The number of benzene rings is 1. The van der Waals surface area contributed by atoms with E-state index in [0.29, 0.717) is 29.7 Å². The van der Waals surface area contributed by atoms with E-state index >= 15 is 0 Å². The van der Waals surface area contributed by atoms with Crippen LogP contribution in [0.25, 0.3) is 0 Å². The number of hydrogen-bond acceptors (Lipinski definition) is 5. The van der Waals surface area contributed by atoms with Crippen molar-refractivity contribution >= 4 is 34.8 Å². The van der Waals surface area contributed by atoms with Gasteiger partial charge in [-0.2, -0.15) is 5.26 Å². The minimum Gasteiger partial charge on any atom is -0.366 e. The topological polar surface area (TPSA) is 78.0 Å². The molecule has 0 N–H and O–H groups in total. The Bertz CT molecular complexity index is 830. The zero-order chi connectivity index (χ0) is 18.0. The van der Waals surface area contributed by atoms with Crippen LogP contribution in [0.15, 0.2) is 24.5 Å². The summed E-state index contributed by atoms with van der Waals surface area (Å²) in [6, 6.07) is 7.23. The Morgan fingerprint density at radius 2 is 2.20 bits per heavy atom. The average Bonchev–Trinajstić information content (AvgIpc) is 3.04. The molecular weight excluding hydrogens is 363 g/mol. The highest BCUT2D eigenvalue weighted by atomic mass is 35.5. The summed E-state index contributed by atoms with van der Waals surface area (Å²) in [6.07, 6.45) is 1.39. The molecule has 1 atom stereocenters. The Morgan fingerprint density at radius 3 is 2.88 bits per heavy atom. The molecule has 1 aliphatic rings. The van der Waals surface area contributed by atoms with Gasteiger partial charge in [0.15, 0.2) is 0 Å². The van der Waals surface area contributed by atoms with E-state index in [4.69, 9.17) is 28.5 Å². The summed E-state index contributed by atoms with van der Waals surface area (Å²) >= 11 is 12.3. The minimum atomic E-state index is -0.0567. The quantitative estimate of drug-likeness (QED) is 0.817. The van der Waals surface area contributed by atoms with Crippen LogP contribution >= 0.6 is 23.2 Å². The number of anilines is 1. The van der Waals surface area contributed by atoms with Crippen molar-refractivity contribution in [1.29, 1.82) is 5.26 Å². The normalized spacial score (nSPS) is 17.4. The molecule has 25 heavy (non-hydrogen) atoms. The summed E-state index contributed by atoms with van der Waals surface area (Å²) in [5.74, 6) is -0.00000300. The molecule has 1 aliphatic heterocycles. The van der Waals surface area contributed by atoms with Crippen LogP contribution in [0.5, 0.6) is 0 Å². The molecule has 1 amide bonds.